The summed E-state index contributed by atoms with van der Waals surface area (Å²) in [5.74, 6) is 0.257. The Bertz CT molecular complexity index is 756. The summed E-state index contributed by atoms with van der Waals surface area (Å²) in [5, 5.41) is 7.21. The van der Waals surface area contributed by atoms with E-state index in [4.69, 9.17) is 0 Å². The van der Waals surface area contributed by atoms with Crippen molar-refractivity contribution in [1.82, 2.24) is 9.97 Å². The van der Waals surface area contributed by atoms with Crippen LogP contribution in [0.3, 0.4) is 0 Å². The van der Waals surface area contributed by atoms with E-state index in [1.807, 2.05) is 35.0 Å². The van der Waals surface area contributed by atoms with Gasteiger partial charge in [-0.05, 0) is 12.1 Å². The first kappa shape index (κ1) is 15.7. The molecule has 0 aliphatic carbocycles. The number of amides is 1. The van der Waals surface area contributed by atoms with E-state index in [0.29, 0.717) is 10.9 Å². The van der Waals surface area contributed by atoms with Crippen LogP contribution in [0, 0.1) is 0 Å². The third kappa shape index (κ3) is 4.16. The zero-order valence-electron chi connectivity index (χ0n) is 11.2. The Hall–Kier alpha value is -1.22. The smallest absolute Gasteiger partial charge is 0.236 e. The van der Waals surface area contributed by atoms with Crippen molar-refractivity contribution in [3.05, 3.63) is 45.7 Å². The van der Waals surface area contributed by atoms with Crippen LogP contribution in [0.1, 0.15) is 0 Å². The molecule has 0 fully saturated rings. The highest BCUT2D eigenvalue weighted by molar-refractivity contribution is 9.10. The number of nitrogens with one attached hydrogen (secondary N) is 1. The predicted octanol–water partition coefficient (Wildman–Crippen LogP) is 4.76. The van der Waals surface area contributed by atoms with E-state index >= 15 is 0 Å². The maximum absolute atomic E-state index is 11.8. The van der Waals surface area contributed by atoms with Gasteiger partial charge in [0.05, 0.1) is 11.4 Å². The van der Waals surface area contributed by atoms with Crippen LogP contribution in [-0.2, 0) is 4.79 Å². The Morgan fingerprint density at radius 1 is 1.27 bits per heavy atom. The van der Waals surface area contributed by atoms with Crippen LogP contribution in [0.5, 0.6) is 0 Å². The minimum atomic E-state index is -0.0691. The second kappa shape index (κ2) is 7.36. The van der Waals surface area contributed by atoms with Crippen molar-refractivity contribution >= 4 is 61.4 Å². The van der Waals surface area contributed by atoms with Crippen LogP contribution in [-0.4, -0.2) is 21.6 Å². The van der Waals surface area contributed by atoms with Gasteiger partial charge in [0.25, 0.3) is 0 Å². The lowest BCUT2D eigenvalue weighted by Crippen LogP contribution is -2.13. The predicted molar refractivity (Wildman–Crippen MR) is 96.7 cm³/mol. The van der Waals surface area contributed by atoms with Crippen molar-refractivity contribution in [1.29, 1.82) is 0 Å². The number of rotatable bonds is 5. The van der Waals surface area contributed by atoms with Gasteiger partial charge in [0.15, 0.2) is 9.47 Å². The topological polar surface area (TPSA) is 54.9 Å². The highest BCUT2D eigenvalue weighted by atomic mass is 79.9. The van der Waals surface area contributed by atoms with E-state index in [-0.39, 0.29) is 5.91 Å². The molecule has 0 saturated heterocycles. The first-order chi connectivity index (χ1) is 10.7. The maximum atomic E-state index is 11.8. The number of halogens is 1. The lowest BCUT2D eigenvalue weighted by molar-refractivity contribution is -0.113. The fraction of sp³-hybridized carbons (Fsp3) is 0.0714. The molecule has 2 heterocycles. The van der Waals surface area contributed by atoms with Crippen molar-refractivity contribution in [2.75, 3.05) is 11.1 Å². The van der Waals surface area contributed by atoms with Crippen molar-refractivity contribution < 1.29 is 4.79 Å². The molecule has 0 bridgehead atoms. The molecule has 1 aromatic carbocycles. The van der Waals surface area contributed by atoms with Gasteiger partial charge in [-0.2, -0.15) is 0 Å². The third-order valence-corrected chi connectivity index (χ3v) is 5.87. The zero-order valence-corrected chi connectivity index (χ0v) is 15.2. The Kier molecular flexibility index (Phi) is 5.24. The monoisotopic (exact) mass is 411 g/mol. The molecular formula is C14H10BrN3OS3. The number of anilines is 1. The molecule has 8 heteroatoms. The molecule has 3 rings (SSSR count). The van der Waals surface area contributed by atoms with Crippen molar-refractivity contribution in [3.8, 4) is 11.3 Å². The van der Waals surface area contributed by atoms with Gasteiger partial charge in [-0.25, -0.2) is 9.97 Å². The van der Waals surface area contributed by atoms with E-state index in [9.17, 15) is 4.79 Å². The summed E-state index contributed by atoms with van der Waals surface area (Å²) in [6.07, 6.45) is 1.67. The normalized spacial score (nSPS) is 10.6. The fourth-order valence-electron chi connectivity index (χ4n) is 1.64. The summed E-state index contributed by atoms with van der Waals surface area (Å²) in [6, 6.07) is 8.01. The Labute approximate surface area is 148 Å². The van der Waals surface area contributed by atoms with Gasteiger partial charge in [-0.1, -0.05) is 39.8 Å². The highest BCUT2D eigenvalue weighted by Crippen LogP contribution is 2.29. The minimum Gasteiger partial charge on any atom is -0.301 e. The molecule has 0 unspecified atom stereocenters. The molecule has 1 N–H and O–H groups in total. The van der Waals surface area contributed by atoms with E-state index in [0.717, 1.165) is 20.1 Å². The Morgan fingerprint density at radius 3 is 2.82 bits per heavy atom. The lowest BCUT2D eigenvalue weighted by atomic mass is 10.2. The SMILES string of the molecule is O=C(CSc1nc(-c2ccc(Br)cc2)cs1)Nc1nccs1. The number of benzene rings is 1. The standard InChI is InChI=1S/C14H10BrN3OS3/c15-10-3-1-9(2-4-10)11-7-21-14(17-11)22-8-12(19)18-13-16-5-6-20-13/h1-7H,8H2,(H,16,18,19). The maximum Gasteiger partial charge on any atom is 0.236 e. The van der Waals surface area contributed by atoms with E-state index in [2.05, 4.69) is 31.2 Å². The number of thioether (sulfide) groups is 1. The number of hydrogen-bond acceptors (Lipinski definition) is 6. The minimum absolute atomic E-state index is 0.0691. The van der Waals surface area contributed by atoms with Crippen LogP contribution in [0.4, 0.5) is 5.13 Å². The molecule has 22 heavy (non-hydrogen) atoms. The van der Waals surface area contributed by atoms with Crippen LogP contribution >= 0.6 is 50.4 Å². The molecule has 4 nitrogen and oxygen atoms in total. The van der Waals surface area contributed by atoms with Crippen LogP contribution in [0.25, 0.3) is 11.3 Å². The van der Waals surface area contributed by atoms with Crippen molar-refractivity contribution in [2.45, 2.75) is 4.34 Å². The number of thiazole rings is 2. The number of nitrogens with zero attached hydrogens (tertiary/aromatic N) is 2. The number of carbonyl (C=O) groups is 1. The number of hydrogen-bond donors (Lipinski definition) is 1. The summed E-state index contributed by atoms with van der Waals surface area (Å²) in [7, 11) is 0. The quantitative estimate of drug-likeness (QED) is 0.614. The summed E-state index contributed by atoms with van der Waals surface area (Å²) < 4.78 is 1.92. The average Bonchev–Trinajstić information content (AvgIpc) is 3.17. The van der Waals surface area contributed by atoms with Gasteiger partial charge in [-0.3, -0.25) is 4.79 Å². The lowest BCUT2D eigenvalue weighted by Gasteiger charge is -1.99. The first-order valence-electron chi connectivity index (χ1n) is 6.24. The molecule has 0 spiro atoms. The van der Waals surface area contributed by atoms with E-state index in [1.54, 1.807) is 17.5 Å². The second-order valence-corrected chi connectivity index (χ2v) is 8.07. The largest absolute Gasteiger partial charge is 0.301 e. The first-order valence-corrected chi connectivity index (χ1v) is 9.78. The summed E-state index contributed by atoms with van der Waals surface area (Å²) in [6.45, 7) is 0. The molecule has 0 atom stereocenters. The van der Waals surface area contributed by atoms with Crippen molar-refractivity contribution in [3.63, 3.8) is 0 Å². The van der Waals surface area contributed by atoms with Crippen LogP contribution in [0.2, 0.25) is 0 Å². The molecule has 0 saturated carbocycles. The molecule has 3 aromatic rings. The molecule has 112 valence electrons. The summed E-state index contributed by atoms with van der Waals surface area (Å²) >= 11 is 7.80. The zero-order chi connectivity index (χ0) is 15.4. The van der Waals surface area contributed by atoms with Gasteiger partial charge in [0, 0.05) is 27.0 Å². The van der Waals surface area contributed by atoms with Crippen LogP contribution < -0.4 is 5.32 Å². The van der Waals surface area contributed by atoms with Gasteiger partial charge < -0.3 is 5.32 Å². The van der Waals surface area contributed by atoms with Gasteiger partial charge in [0.2, 0.25) is 5.91 Å². The Morgan fingerprint density at radius 2 is 2.09 bits per heavy atom. The van der Waals surface area contributed by atoms with Crippen molar-refractivity contribution in [2.24, 2.45) is 0 Å². The third-order valence-electron chi connectivity index (χ3n) is 2.63. The molecular weight excluding hydrogens is 402 g/mol. The highest BCUT2D eigenvalue weighted by Gasteiger charge is 2.09. The number of aromatic nitrogens is 2. The molecule has 0 aliphatic heterocycles. The van der Waals surface area contributed by atoms with Gasteiger partial charge >= 0.3 is 0 Å². The van der Waals surface area contributed by atoms with E-state index < -0.39 is 0 Å². The summed E-state index contributed by atoms with van der Waals surface area (Å²) in [4.78, 5) is 20.4. The molecule has 1 amide bonds. The van der Waals surface area contributed by atoms with Gasteiger partial charge in [-0.15, -0.1) is 22.7 Å². The molecule has 0 aliphatic rings. The second-order valence-electron chi connectivity index (χ2n) is 4.18. The summed E-state index contributed by atoms with van der Waals surface area (Å²) in [5.41, 5.74) is 2.00. The number of carbonyl (C=O) groups excluding carboxylic acids is 1. The van der Waals surface area contributed by atoms with Gasteiger partial charge in [0.1, 0.15) is 0 Å². The molecule has 0 radical (unpaired) electrons. The molecule has 2 aromatic heterocycles. The average molecular weight is 412 g/mol. The van der Waals surface area contributed by atoms with Crippen LogP contribution in [0.15, 0.2) is 50.0 Å². The fourth-order valence-corrected chi connectivity index (χ4v) is 4.09. The van der Waals surface area contributed by atoms with E-state index in [1.165, 1.54) is 23.1 Å². The Balaban J connectivity index is 1.57.